The predicted molar refractivity (Wildman–Crippen MR) is 92.5 cm³/mol. The fourth-order valence-electron chi connectivity index (χ4n) is 4.37. The largest absolute Gasteiger partial charge is 0.387 e. The van der Waals surface area contributed by atoms with Crippen molar-refractivity contribution < 1.29 is 5.11 Å². The molecular formula is C18H32N4O. The third-order valence-corrected chi connectivity index (χ3v) is 5.59. The average Bonchev–Trinajstić information content (AvgIpc) is 3.02. The highest BCUT2D eigenvalue weighted by Crippen LogP contribution is 2.33. The van der Waals surface area contributed by atoms with Gasteiger partial charge in [-0.15, -0.1) is 0 Å². The van der Waals surface area contributed by atoms with Gasteiger partial charge in [0, 0.05) is 37.9 Å². The van der Waals surface area contributed by atoms with Crippen molar-refractivity contribution in [3.63, 3.8) is 0 Å². The molecule has 3 heterocycles. The van der Waals surface area contributed by atoms with E-state index in [0.29, 0.717) is 6.04 Å². The summed E-state index contributed by atoms with van der Waals surface area (Å²) in [5, 5.41) is 14.6. The Kier molecular flexibility index (Phi) is 5.72. The van der Waals surface area contributed by atoms with Crippen molar-refractivity contribution in [1.29, 1.82) is 0 Å². The summed E-state index contributed by atoms with van der Waals surface area (Å²) < 4.78 is 2.24. The number of rotatable bonds is 7. The third-order valence-electron chi connectivity index (χ3n) is 5.59. The van der Waals surface area contributed by atoms with Gasteiger partial charge in [-0.2, -0.15) is 0 Å². The summed E-state index contributed by atoms with van der Waals surface area (Å²) >= 11 is 0. The molecule has 1 aromatic rings. The average molecular weight is 320 g/mol. The van der Waals surface area contributed by atoms with Gasteiger partial charge in [0.1, 0.15) is 5.82 Å². The summed E-state index contributed by atoms with van der Waals surface area (Å²) in [6, 6.07) is 0.373. The fraction of sp³-hybridized carbons (Fsp3) is 0.833. The minimum Gasteiger partial charge on any atom is -0.387 e. The molecule has 2 atom stereocenters. The standard InChI is InChI=1S/C18H32N4O/c1-2-17-20-10-14-22(17)13-6-9-19-15-18(23)8-5-12-21-11-4-3-7-16(18)21/h10,14,16,19,23H,2-9,11-13,15H2,1H3/t16-,18-/m1/s1. The zero-order valence-corrected chi connectivity index (χ0v) is 14.5. The molecule has 0 spiro atoms. The van der Waals surface area contributed by atoms with Crippen LogP contribution >= 0.6 is 0 Å². The summed E-state index contributed by atoms with van der Waals surface area (Å²) in [4.78, 5) is 6.88. The molecule has 0 unspecified atom stereocenters. The Labute approximate surface area is 140 Å². The van der Waals surface area contributed by atoms with Crippen LogP contribution in [0.3, 0.4) is 0 Å². The van der Waals surface area contributed by atoms with Crippen LogP contribution in [0.4, 0.5) is 0 Å². The molecule has 2 N–H and O–H groups in total. The van der Waals surface area contributed by atoms with Crippen LogP contribution in [0.25, 0.3) is 0 Å². The number of nitrogens with one attached hydrogen (secondary N) is 1. The Bertz CT molecular complexity index is 487. The Hall–Kier alpha value is -0.910. The first-order valence-electron chi connectivity index (χ1n) is 9.40. The number of aliphatic hydroxyl groups is 1. The molecule has 1 aromatic heterocycles. The van der Waals surface area contributed by atoms with E-state index in [1.807, 2.05) is 6.20 Å². The van der Waals surface area contributed by atoms with Crippen molar-refractivity contribution in [3.8, 4) is 0 Å². The lowest BCUT2D eigenvalue weighted by Gasteiger charge is -2.49. The van der Waals surface area contributed by atoms with Gasteiger partial charge in [0.05, 0.1) is 5.60 Å². The van der Waals surface area contributed by atoms with Crippen molar-refractivity contribution in [1.82, 2.24) is 19.8 Å². The molecule has 0 saturated carbocycles. The molecule has 0 aliphatic carbocycles. The maximum atomic E-state index is 11.1. The Balaban J connectivity index is 1.42. The van der Waals surface area contributed by atoms with Crippen LogP contribution in [0, 0.1) is 0 Å². The number of aryl methyl sites for hydroxylation is 2. The lowest BCUT2D eigenvalue weighted by Crippen LogP contribution is -2.62. The van der Waals surface area contributed by atoms with Crippen molar-refractivity contribution in [3.05, 3.63) is 18.2 Å². The first-order valence-corrected chi connectivity index (χ1v) is 9.40. The molecule has 0 radical (unpaired) electrons. The highest BCUT2D eigenvalue weighted by Gasteiger charge is 2.43. The highest BCUT2D eigenvalue weighted by atomic mass is 16.3. The highest BCUT2D eigenvalue weighted by molar-refractivity contribution is 4.99. The number of piperidine rings is 2. The quantitative estimate of drug-likeness (QED) is 0.752. The number of hydrogen-bond donors (Lipinski definition) is 2. The van der Waals surface area contributed by atoms with E-state index in [2.05, 4.69) is 32.9 Å². The molecule has 0 amide bonds. The maximum Gasteiger partial charge on any atom is 0.108 e. The summed E-state index contributed by atoms with van der Waals surface area (Å²) in [6.07, 6.45) is 11.8. The lowest BCUT2D eigenvalue weighted by molar-refractivity contribution is -0.0917. The van der Waals surface area contributed by atoms with Gasteiger partial charge in [0.15, 0.2) is 0 Å². The van der Waals surface area contributed by atoms with Crippen LogP contribution in [0.5, 0.6) is 0 Å². The number of imidazole rings is 1. The molecular weight excluding hydrogens is 288 g/mol. The maximum absolute atomic E-state index is 11.1. The van der Waals surface area contributed by atoms with Crippen LogP contribution in [0.2, 0.25) is 0 Å². The first-order chi connectivity index (χ1) is 11.2. The van der Waals surface area contributed by atoms with Crippen LogP contribution in [-0.4, -0.2) is 57.4 Å². The third kappa shape index (κ3) is 3.95. The first kappa shape index (κ1) is 16.9. The number of hydrogen-bond acceptors (Lipinski definition) is 4. The van der Waals surface area contributed by atoms with Gasteiger partial charge >= 0.3 is 0 Å². The Morgan fingerprint density at radius 2 is 2.22 bits per heavy atom. The van der Waals surface area contributed by atoms with Crippen LogP contribution in [0.15, 0.2) is 12.4 Å². The fourth-order valence-corrected chi connectivity index (χ4v) is 4.37. The van der Waals surface area contributed by atoms with Crippen molar-refractivity contribution >= 4 is 0 Å². The zero-order valence-electron chi connectivity index (χ0n) is 14.5. The van der Waals surface area contributed by atoms with Gasteiger partial charge in [0.25, 0.3) is 0 Å². The molecule has 0 aromatic carbocycles. The van der Waals surface area contributed by atoms with Gasteiger partial charge in [-0.25, -0.2) is 4.98 Å². The van der Waals surface area contributed by atoms with Crippen LogP contribution < -0.4 is 5.32 Å². The zero-order chi connectivity index (χ0) is 16.1. The Morgan fingerprint density at radius 1 is 1.35 bits per heavy atom. The number of nitrogens with zero attached hydrogens (tertiary/aromatic N) is 3. The topological polar surface area (TPSA) is 53.3 Å². The minimum absolute atomic E-state index is 0.373. The van der Waals surface area contributed by atoms with E-state index in [1.165, 1.54) is 25.9 Å². The SMILES string of the molecule is CCc1nccn1CCCNC[C@]1(O)CCCN2CCCC[C@@H]21. The molecule has 2 fully saturated rings. The second-order valence-corrected chi connectivity index (χ2v) is 7.18. The molecule has 2 aliphatic heterocycles. The summed E-state index contributed by atoms with van der Waals surface area (Å²) in [6.45, 7) is 7.19. The molecule has 2 saturated heterocycles. The van der Waals surface area contributed by atoms with E-state index >= 15 is 0 Å². The minimum atomic E-state index is -0.526. The molecule has 0 bridgehead atoms. The van der Waals surface area contributed by atoms with Crippen molar-refractivity contribution in [2.24, 2.45) is 0 Å². The molecule has 23 heavy (non-hydrogen) atoms. The number of aromatic nitrogens is 2. The van der Waals surface area contributed by atoms with Gasteiger partial charge in [-0.1, -0.05) is 13.3 Å². The summed E-state index contributed by atoms with van der Waals surface area (Å²) in [5.41, 5.74) is -0.526. The van der Waals surface area contributed by atoms with E-state index in [-0.39, 0.29) is 0 Å². The molecule has 3 rings (SSSR count). The van der Waals surface area contributed by atoms with E-state index in [1.54, 1.807) is 0 Å². The van der Waals surface area contributed by atoms with Gasteiger partial charge in [-0.3, -0.25) is 4.90 Å². The van der Waals surface area contributed by atoms with Gasteiger partial charge in [-0.05, 0) is 51.7 Å². The van der Waals surface area contributed by atoms with E-state index in [9.17, 15) is 5.11 Å². The summed E-state index contributed by atoms with van der Waals surface area (Å²) in [5.74, 6) is 1.16. The lowest BCUT2D eigenvalue weighted by atomic mass is 9.79. The second-order valence-electron chi connectivity index (χ2n) is 7.18. The van der Waals surface area contributed by atoms with Crippen molar-refractivity contribution in [2.75, 3.05) is 26.2 Å². The van der Waals surface area contributed by atoms with E-state index in [0.717, 1.165) is 57.6 Å². The normalized spacial score (nSPS) is 28.7. The molecule has 130 valence electrons. The van der Waals surface area contributed by atoms with Crippen molar-refractivity contribution in [2.45, 2.75) is 70.1 Å². The van der Waals surface area contributed by atoms with Crippen LogP contribution in [-0.2, 0) is 13.0 Å². The molecule has 5 nitrogen and oxygen atoms in total. The van der Waals surface area contributed by atoms with E-state index < -0.39 is 5.60 Å². The second kappa shape index (κ2) is 7.77. The predicted octanol–water partition coefficient (Wildman–Crippen LogP) is 1.80. The Morgan fingerprint density at radius 3 is 3.09 bits per heavy atom. The molecule has 5 heteroatoms. The number of fused-ring (bicyclic) bond motifs is 1. The van der Waals surface area contributed by atoms with E-state index in [4.69, 9.17) is 0 Å². The monoisotopic (exact) mass is 320 g/mol. The molecule has 2 aliphatic rings. The smallest absolute Gasteiger partial charge is 0.108 e. The van der Waals surface area contributed by atoms with Gasteiger partial charge in [0.2, 0.25) is 0 Å². The van der Waals surface area contributed by atoms with Gasteiger partial charge < -0.3 is 15.0 Å². The summed E-state index contributed by atoms with van der Waals surface area (Å²) in [7, 11) is 0. The van der Waals surface area contributed by atoms with Crippen LogP contribution in [0.1, 0.15) is 51.3 Å².